The average Bonchev–Trinajstić information content (AvgIpc) is 3.38. The smallest absolute Gasteiger partial charge is 0.127 e. The highest BCUT2D eigenvalue weighted by molar-refractivity contribution is 5.79. The van der Waals surface area contributed by atoms with Gasteiger partial charge >= 0.3 is 0 Å². The highest BCUT2D eigenvalue weighted by atomic mass is 16.5. The largest absolute Gasteiger partial charge is 0.493 e. The molecule has 2 bridgehead atoms. The molecule has 3 aromatic rings. The van der Waals surface area contributed by atoms with Gasteiger partial charge in [-0.2, -0.15) is 5.10 Å². The molecule has 3 aliphatic heterocycles. The SMILES string of the molecule is CN(c1ccc2c(c1)CCOc1cc(-c3cn[nH]c3)ccc1-2)C1C[C@H]2CC[C@@H](C1)N2. The van der Waals surface area contributed by atoms with Crippen molar-refractivity contribution in [3.8, 4) is 28.0 Å². The summed E-state index contributed by atoms with van der Waals surface area (Å²) < 4.78 is 6.17. The molecule has 5 nitrogen and oxygen atoms in total. The maximum Gasteiger partial charge on any atom is 0.127 e. The molecule has 2 saturated heterocycles. The van der Waals surface area contributed by atoms with E-state index in [2.05, 4.69) is 63.9 Å². The molecule has 2 N–H and O–H groups in total. The van der Waals surface area contributed by atoms with Crippen LogP contribution in [0.2, 0.25) is 0 Å². The Labute approximate surface area is 177 Å². The quantitative estimate of drug-likeness (QED) is 0.684. The third kappa shape index (κ3) is 3.08. The lowest BCUT2D eigenvalue weighted by Crippen LogP contribution is -2.47. The molecule has 3 atom stereocenters. The third-order valence-electron chi connectivity index (χ3n) is 7.22. The number of aromatic nitrogens is 2. The number of aromatic amines is 1. The first kappa shape index (κ1) is 18.0. The second-order valence-electron chi connectivity index (χ2n) is 9.01. The van der Waals surface area contributed by atoms with Gasteiger partial charge < -0.3 is 15.0 Å². The van der Waals surface area contributed by atoms with Crippen molar-refractivity contribution >= 4 is 5.69 Å². The molecule has 3 aliphatic rings. The number of nitrogens with zero attached hydrogens (tertiary/aromatic N) is 2. The van der Waals surface area contributed by atoms with Gasteiger partial charge in [-0.05, 0) is 60.6 Å². The molecule has 0 spiro atoms. The van der Waals surface area contributed by atoms with E-state index in [1.165, 1.54) is 48.1 Å². The molecule has 1 aromatic heterocycles. The van der Waals surface area contributed by atoms with Gasteiger partial charge in [0, 0.05) is 54.6 Å². The van der Waals surface area contributed by atoms with Gasteiger partial charge in [0.2, 0.25) is 0 Å². The van der Waals surface area contributed by atoms with E-state index in [4.69, 9.17) is 4.74 Å². The van der Waals surface area contributed by atoms with Crippen molar-refractivity contribution in [2.75, 3.05) is 18.6 Å². The summed E-state index contributed by atoms with van der Waals surface area (Å²) >= 11 is 0. The second kappa shape index (κ2) is 7.17. The molecule has 0 saturated carbocycles. The van der Waals surface area contributed by atoms with Gasteiger partial charge in [0.25, 0.3) is 0 Å². The lowest BCUT2D eigenvalue weighted by Gasteiger charge is -2.37. The van der Waals surface area contributed by atoms with E-state index >= 15 is 0 Å². The van der Waals surface area contributed by atoms with Gasteiger partial charge in [-0.1, -0.05) is 18.2 Å². The molecule has 0 amide bonds. The Morgan fingerprint density at radius 1 is 1.00 bits per heavy atom. The zero-order valence-corrected chi connectivity index (χ0v) is 17.4. The van der Waals surface area contributed by atoms with E-state index in [9.17, 15) is 0 Å². The first-order valence-corrected chi connectivity index (χ1v) is 11.1. The van der Waals surface area contributed by atoms with E-state index in [0.29, 0.717) is 24.7 Å². The van der Waals surface area contributed by atoms with E-state index in [1.807, 2.05) is 12.4 Å². The van der Waals surface area contributed by atoms with Crippen LogP contribution >= 0.6 is 0 Å². The fraction of sp³-hybridized carbons (Fsp3) is 0.400. The molecule has 4 heterocycles. The monoisotopic (exact) mass is 400 g/mol. The fourth-order valence-corrected chi connectivity index (χ4v) is 5.55. The van der Waals surface area contributed by atoms with Crippen LogP contribution in [-0.2, 0) is 6.42 Å². The number of benzene rings is 2. The zero-order valence-electron chi connectivity index (χ0n) is 17.4. The number of piperidine rings is 1. The van der Waals surface area contributed by atoms with Crippen molar-refractivity contribution in [3.05, 3.63) is 54.4 Å². The highest BCUT2D eigenvalue weighted by Gasteiger charge is 2.35. The molecular weight excluding hydrogens is 372 g/mol. The molecule has 30 heavy (non-hydrogen) atoms. The first-order valence-electron chi connectivity index (χ1n) is 11.1. The lowest BCUT2D eigenvalue weighted by molar-refractivity contribution is 0.326. The number of fused-ring (bicyclic) bond motifs is 5. The predicted molar refractivity (Wildman–Crippen MR) is 120 cm³/mol. The zero-order chi connectivity index (χ0) is 20.1. The molecular formula is C25H28N4O. The number of rotatable bonds is 3. The van der Waals surface area contributed by atoms with Crippen LogP contribution in [0.5, 0.6) is 5.75 Å². The van der Waals surface area contributed by atoms with Crippen molar-refractivity contribution < 1.29 is 4.74 Å². The molecule has 0 radical (unpaired) electrons. The van der Waals surface area contributed by atoms with Crippen molar-refractivity contribution in [1.29, 1.82) is 0 Å². The Bertz CT molecular complexity index is 1050. The summed E-state index contributed by atoms with van der Waals surface area (Å²) in [6.45, 7) is 0.708. The summed E-state index contributed by atoms with van der Waals surface area (Å²) in [5.41, 5.74) is 7.40. The van der Waals surface area contributed by atoms with Gasteiger partial charge in [0.15, 0.2) is 0 Å². The normalized spacial score (nSPS) is 24.5. The highest BCUT2D eigenvalue weighted by Crippen LogP contribution is 2.40. The van der Waals surface area contributed by atoms with Crippen LogP contribution in [0.1, 0.15) is 31.2 Å². The van der Waals surface area contributed by atoms with Crippen LogP contribution in [0, 0.1) is 0 Å². The van der Waals surface area contributed by atoms with Crippen LogP contribution in [0.25, 0.3) is 22.3 Å². The topological polar surface area (TPSA) is 53.2 Å². The number of H-pyrrole nitrogens is 1. The fourth-order valence-electron chi connectivity index (χ4n) is 5.55. The van der Waals surface area contributed by atoms with Crippen molar-refractivity contribution in [3.63, 3.8) is 0 Å². The Morgan fingerprint density at radius 2 is 1.83 bits per heavy atom. The molecule has 1 unspecified atom stereocenters. The van der Waals surface area contributed by atoms with Crippen LogP contribution in [0.3, 0.4) is 0 Å². The van der Waals surface area contributed by atoms with Crippen molar-refractivity contribution in [2.45, 2.75) is 50.2 Å². The molecule has 154 valence electrons. The summed E-state index contributed by atoms with van der Waals surface area (Å²) in [5.74, 6) is 0.962. The van der Waals surface area contributed by atoms with E-state index in [1.54, 1.807) is 0 Å². The van der Waals surface area contributed by atoms with E-state index in [0.717, 1.165) is 23.3 Å². The van der Waals surface area contributed by atoms with Crippen LogP contribution < -0.4 is 15.0 Å². The van der Waals surface area contributed by atoms with Crippen LogP contribution in [0.15, 0.2) is 48.8 Å². The maximum absolute atomic E-state index is 6.17. The summed E-state index contributed by atoms with van der Waals surface area (Å²) in [7, 11) is 2.27. The number of hydrogen-bond donors (Lipinski definition) is 2. The van der Waals surface area contributed by atoms with Crippen LogP contribution in [-0.4, -0.2) is 42.0 Å². The first-order chi connectivity index (χ1) is 14.7. The predicted octanol–water partition coefficient (Wildman–Crippen LogP) is 4.40. The van der Waals surface area contributed by atoms with Gasteiger partial charge in [-0.25, -0.2) is 0 Å². The minimum atomic E-state index is 0.633. The minimum absolute atomic E-state index is 0.633. The minimum Gasteiger partial charge on any atom is -0.493 e. The summed E-state index contributed by atoms with van der Waals surface area (Å²) in [4.78, 5) is 2.51. The molecule has 6 rings (SSSR count). The van der Waals surface area contributed by atoms with E-state index in [-0.39, 0.29) is 0 Å². The van der Waals surface area contributed by atoms with Crippen LogP contribution in [0.4, 0.5) is 5.69 Å². The summed E-state index contributed by atoms with van der Waals surface area (Å²) in [6.07, 6.45) is 9.90. The maximum atomic E-state index is 6.17. The lowest BCUT2D eigenvalue weighted by atomic mass is 9.94. The van der Waals surface area contributed by atoms with Gasteiger partial charge in [-0.3, -0.25) is 5.10 Å². The van der Waals surface area contributed by atoms with Crippen molar-refractivity contribution in [2.24, 2.45) is 0 Å². The Kier molecular flexibility index (Phi) is 4.30. The second-order valence-corrected chi connectivity index (χ2v) is 9.01. The third-order valence-corrected chi connectivity index (χ3v) is 7.22. The Balaban J connectivity index is 1.31. The van der Waals surface area contributed by atoms with Gasteiger partial charge in [0.05, 0.1) is 12.8 Å². The number of ether oxygens (including phenoxy) is 1. The van der Waals surface area contributed by atoms with Gasteiger partial charge in [-0.15, -0.1) is 0 Å². The number of hydrogen-bond acceptors (Lipinski definition) is 4. The van der Waals surface area contributed by atoms with E-state index < -0.39 is 0 Å². The molecule has 2 aromatic carbocycles. The number of nitrogens with one attached hydrogen (secondary N) is 2. The average molecular weight is 401 g/mol. The van der Waals surface area contributed by atoms with Crippen molar-refractivity contribution in [1.82, 2.24) is 15.5 Å². The van der Waals surface area contributed by atoms with Gasteiger partial charge in [0.1, 0.15) is 5.75 Å². The molecule has 5 heteroatoms. The standard InChI is InChI=1S/C25H28N4O/c1-29(22-12-19-3-4-20(13-22)28-19)21-5-7-23-17(10-21)8-9-30-25-11-16(2-6-24(23)25)18-14-26-27-15-18/h2,5-7,10-11,14-15,19-20,22,28H,3-4,8-9,12-13H2,1H3,(H,26,27)/t19-,20+,22?. The number of anilines is 1. The summed E-state index contributed by atoms with van der Waals surface area (Å²) in [5, 5.41) is 10.7. The Morgan fingerprint density at radius 3 is 2.63 bits per heavy atom. The summed E-state index contributed by atoms with van der Waals surface area (Å²) in [6, 6.07) is 15.5. The molecule has 0 aliphatic carbocycles. The molecule has 2 fully saturated rings. The Hall–Kier alpha value is -2.79.